The Labute approximate surface area is 125 Å². The number of benzene rings is 1. The molecule has 1 N–H and O–H groups in total. The van der Waals surface area contributed by atoms with E-state index in [-0.39, 0.29) is 5.56 Å². The summed E-state index contributed by atoms with van der Waals surface area (Å²) in [5.41, 5.74) is 0.822. The standard InChI is InChI=1S/C15H11N3O4/c1-9-17-14(22-18-9)11-5-6-13(16-8-11)21-12-4-2-3-10(7-12)15(19)20/h2-8H,1H3,(H,19,20). The van der Waals surface area contributed by atoms with Crippen molar-refractivity contribution in [3.8, 4) is 23.1 Å². The lowest BCUT2D eigenvalue weighted by molar-refractivity contribution is 0.0696. The van der Waals surface area contributed by atoms with E-state index in [0.717, 1.165) is 0 Å². The van der Waals surface area contributed by atoms with Gasteiger partial charge in [0, 0.05) is 12.3 Å². The molecular formula is C15H11N3O4. The molecule has 0 bridgehead atoms. The minimum atomic E-state index is -1.01. The van der Waals surface area contributed by atoms with Crippen LogP contribution in [-0.2, 0) is 0 Å². The third-order valence-corrected chi connectivity index (χ3v) is 2.81. The van der Waals surface area contributed by atoms with Crippen LogP contribution in [0.2, 0.25) is 0 Å². The van der Waals surface area contributed by atoms with Gasteiger partial charge in [0.2, 0.25) is 5.88 Å². The second-order valence-electron chi connectivity index (χ2n) is 4.47. The summed E-state index contributed by atoms with van der Waals surface area (Å²) < 4.78 is 10.6. The molecule has 3 rings (SSSR count). The number of hydrogen-bond donors (Lipinski definition) is 1. The van der Waals surface area contributed by atoms with Gasteiger partial charge in [0.15, 0.2) is 5.82 Å². The van der Waals surface area contributed by atoms with Crippen molar-refractivity contribution in [3.63, 3.8) is 0 Å². The highest BCUT2D eigenvalue weighted by molar-refractivity contribution is 5.88. The Bertz CT molecular complexity index is 812. The van der Waals surface area contributed by atoms with Crippen molar-refractivity contribution in [3.05, 3.63) is 54.0 Å². The van der Waals surface area contributed by atoms with Gasteiger partial charge in [0.25, 0.3) is 5.89 Å². The molecule has 0 aliphatic carbocycles. The molecule has 0 aliphatic heterocycles. The van der Waals surface area contributed by atoms with Crippen molar-refractivity contribution >= 4 is 5.97 Å². The number of aromatic carboxylic acids is 1. The maximum Gasteiger partial charge on any atom is 0.335 e. The zero-order valence-corrected chi connectivity index (χ0v) is 11.6. The Balaban J connectivity index is 1.79. The highest BCUT2D eigenvalue weighted by Crippen LogP contribution is 2.23. The number of rotatable bonds is 4. The molecule has 0 amide bonds. The molecule has 3 aromatic rings. The maximum atomic E-state index is 10.9. The zero-order valence-electron chi connectivity index (χ0n) is 11.6. The van der Waals surface area contributed by atoms with E-state index in [9.17, 15) is 4.79 Å². The number of pyridine rings is 1. The fourth-order valence-corrected chi connectivity index (χ4v) is 1.79. The van der Waals surface area contributed by atoms with E-state index in [1.807, 2.05) is 0 Å². The first kappa shape index (κ1) is 13.7. The summed E-state index contributed by atoms with van der Waals surface area (Å²) in [6, 6.07) is 9.55. The van der Waals surface area contributed by atoms with Crippen molar-refractivity contribution in [2.75, 3.05) is 0 Å². The van der Waals surface area contributed by atoms with E-state index >= 15 is 0 Å². The maximum absolute atomic E-state index is 10.9. The second kappa shape index (κ2) is 5.65. The minimum absolute atomic E-state index is 0.149. The number of hydrogen-bond acceptors (Lipinski definition) is 6. The third kappa shape index (κ3) is 2.93. The van der Waals surface area contributed by atoms with Crippen LogP contribution in [0.25, 0.3) is 11.5 Å². The topological polar surface area (TPSA) is 98.3 Å². The van der Waals surface area contributed by atoms with Crippen LogP contribution in [0.1, 0.15) is 16.2 Å². The molecule has 0 saturated carbocycles. The first-order valence-electron chi connectivity index (χ1n) is 6.40. The van der Waals surface area contributed by atoms with Crippen LogP contribution >= 0.6 is 0 Å². The van der Waals surface area contributed by atoms with Crippen LogP contribution in [0.3, 0.4) is 0 Å². The molecule has 0 saturated heterocycles. The van der Waals surface area contributed by atoms with Gasteiger partial charge in [-0.1, -0.05) is 11.2 Å². The SMILES string of the molecule is Cc1noc(-c2ccc(Oc3cccc(C(=O)O)c3)nc2)n1. The summed E-state index contributed by atoms with van der Waals surface area (Å²) in [5, 5.41) is 12.7. The Morgan fingerprint density at radius 1 is 1.27 bits per heavy atom. The quantitative estimate of drug-likeness (QED) is 0.790. The summed E-state index contributed by atoms with van der Waals surface area (Å²) in [6.07, 6.45) is 1.54. The van der Waals surface area contributed by atoms with E-state index in [4.69, 9.17) is 14.4 Å². The molecule has 1 aromatic carbocycles. The molecule has 0 spiro atoms. The lowest BCUT2D eigenvalue weighted by Crippen LogP contribution is -1.96. The van der Waals surface area contributed by atoms with Gasteiger partial charge in [-0.3, -0.25) is 0 Å². The second-order valence-corrected chi connectivity index (χ2v) is 4.47. The summed E-state index contributed by atoms with van der Waals surface area (Å²) in [6.45, 7) is 1.73. The van der Waals surface area contributed by atoms with Crippen LogP contribution < -0.4 is 4.74 Å². The number of aromatic nitrogens is 3. The molecule has 7 nitrogen and oxygen atoms in total. The van der Waals surface area contributed by atoms with Gasteiger partial charge >= 0.3 is 5.97 Å². The third-order valence-electron chi connectivity index (χ3n) is 2.81. The Hall–Kier alpha value is -3.22. The van der Waals surface area contributed by atoms with E-state index in [0.29, 0.717) is 28.9 Å². The molecule has 0 unspecified atom stereocenters. The van der Waals surface area contributed by atoms with E-state index in [1.54, 1.807) is 37.4 Å². The minimum Gasteiger partial charge on any atom is -0.478 e. The molecule has 0 atom stereocenters. The Morgan fingerprint density at radius 3 is 2.77 bits per heavy atom. The largest absolute Gasteiger partial charge is 0.478 e. The number of carbonyl (C=O) groups is 1. The van der Waals surface area contributed by atoms with Gasteiger partial charge < -0.3 is 14.4 Å². The van der Waals surface area contributed by atoms with Crippen molar-refractivity contribution in [1.82, 2.24) is 15.1 Å². The number of ether oxygens (including phenoxy) is 1. The van der Waals surface area contributed by atoms with Gasteiger partial charge in [0.05, 0.1) is 11.1 Å². The molecule has 0 radical (unpaired) electrons. The summed E-state index contributed by atoms with van der Waals surface area (Å²) in [5.74, 6) is 0.641. The summed E-state index contributed by atoms with van der Waals surface area (Å²) in [7, 11) is 0. The van der Waals surface area contributed by atoms with Gasteiger partial charge in [0.1, 0.15) is 5.75 Å². The highest BCUT2D eigenvalue weighted by atomic mass is 16.5. The van der Waals surface area contributed by atoms with Gasteiger partial charge in [-0.25, -0.2) is 9.78 Å². The van der Waals surface area contributed by atoms with E-state index < -0.39 is 5.97 Å². The fraction of sp³-hybridized carbons (Fsp3) is 0.0667. The predicted octanol–water partition coefficient (Wildman–Crippen LogP) is 2.93. The van der Waals surface area contributed by atoms with Crippen molar-refractivity contribution in [2.45, 2.75) is 6.92 Å². The number of carboxylic acids is 1. The highest BCUT2D eigenvalue weighted by Gasteiger charge is 2.08. The lowest BCUT2D eigenvalue weighted by atomic mass is 10.2. The van der Waals surface area contributed by atoms with E-state index in [2.05, 4.69) is 15.1 Å². The fourth-order valence-electron chi connectivity index (χ4n) is 1.79. The van der Waals surface area contributed by atoms with Crippen LogP contribution in [0.15, 0.2) is 47.1 Å². The van der Waals surface area contributed by atoms with Crippen LogP contribution in [0.5, 0.6) is 11.6 Å². The zero-order chi connectivity index (χ0) is 15.5. The molecule has 7 heteroatoms. The van der Waals surface area contributed by atoms with Gasteiger partial charge in [-0.15, -0.1) is 0 Å². The summed E-state index contributed by atoms with van der Waals surface area (Å²) >= 11 is 0. The first-order chi connectivity index (χ1) is 10.6. The number of carboxylic acid groups (broad SMARTS) is 1. The Kier molecular flexibility index (Phi) is 3.53. The molecule has 110 valence electrons. The first-order valence-corrected chi connectivity index (χ1v) is 6.40. The average Bonchev–Trinajstić information content (AvgIpc) is 2.95. The molecule has 0 aliphatic rings. The van der Waals surface area contributed by atoms with Crippen LogP contribution in [0.4, 0.5) is 0 Å². The molecule has 2 aromatic heterocycles. The number of nitrogens with zero attached hydrogens (tertiary/aromatic N) is 3. The molecule has 0 fully saturated rings. The summed E-state index contributed by atoms with van der Waals surface area (Å²) in [4.78, 5) is 19.2. The average molecular weight is 297 g/mol. The van der Waals surface area contributed by atoms with Gasteiger partial charge in [-0.05, 0) is 31.2 Å². The van der Waals surface area contributed by atoms with Crippen molar-refractivity contribution < 1.29 is 19.2 Å². The van der Waals surface area contributed by atoms with Crippen LogP contribution in [0, 0.1) is 6.92 Å². The molecule has 2 heterocycles. The smallest absolute Gasteiger partial charge is 0.335 e. The lowest BCUT2D eigenvalue weighted by Gasteiger charge is -2.05. The van der Waals surface area contributed by atoms with Crippen LogP contribution in [-0.4, -0.2) is 26.2 Å². The van der Waals surface area contributed by atoms with Crippen molar-refractivity contribution in [2.24, 2.45) is 0 Å². The van der Waals surface area contributed by atoms with Gasteiger partial charge in [-0.2, -0.15) is 4.98 Å². The Morgan fingerprint density at radius 2 is 2.14 bits per heavy atom. The normalized spacial score (nSPS) is 10.4. The number of aryl methyl sites for hydroxylation is 1. The monoisotopic (exact) mass is 297 g/mol. The molecular weight excluding hydrogens is 286 g/mol. The molecule has 22 heavy (non-hydrogen) atoms. The van der Waals surface area contributed by atoms with E-state index in [1.165, 1.54) is 12.1 Å². The predicted molar refractivity (Wildman–Crippen MR) is 75.7 cm³/mol. The van der Waals surface area contributed by atoms with Crippen molar-refractivity contribution in [1.29, 1.82) is 0 Å².